The van der Waals surface area contributed by atoms with Crippen molar-refractivity contribution in [1.82, 2.24) is 0 Å². The summed E-state index contributed by atoms with van der Waals surface area (Å²) in [6.07, 6.45) is 18.3. The zero-order valence-corrected chi connectivity index (χ0v) is 15.3. The van der Waals surface area contributed by atoms with Crippen LogP contribution in [0.5, 0.6) is 0 Å². The van der Waals surface area contributed by atoms with Crippen LogP contribution in [0, 0.1) is 0 Å². The van der Waals surface area contributed by atoms with Gasteiger partial charge in [-0.3, -0.25) is 4.79 Å². The fraction of sp³-hybridized carbons (Fsp3) is 0.348. The van der Waals surface area contributed by atoms with Crippen molar-refractivity contribution >= 4 is 12.4 Å². The number of rotatable bonds is 5. The second kappa shape index (κ2) is 7.61. The molecule has 24 heavy (non-hydrogen) atoms. The van der Waals surface area contributed by atoms with Gasteiger partial charge in [0.15, 0.2) is 0 Å². The van der Waals surface area contributed by atoms with Crippen LogP contribution in [0.3, 0.4) is 0 Å². The summed E-state index contributed by atoms with van der Waals surface area (Å²) in [6.45, 7) is 9.41. The predicted octanol–water partition coefficient (Wildman–Crippen LogP) is 5.92. The van der Waals surface area contributed by atoms with Gasteiger partial charge < -0.3 is 0 Å². The van der Waals surface area contributed by atoms with Gasteiger partial charge in [0, 0.05) is 0 Å². The topological polar surface area (TPSA) is 17.1 Å². The molecule has 1 aromatic rings. The molecule has 1 aromatic carbocycles. The van der Waals surface area contributed by atoms with Crippen molar-refractivity contribution in [2.45, 2.75) is 51.4 Å². The maximum absolute atomic E-state index is 10.1. The summed E-state index contributed by atoms with van der Waals surface area (Å²) in [5.74, 6) is 0. The Hall–Kier alpha value is -2.15. The largest absolute Gasteiger partial charge is 0.299 e. The smallest absolute Gasteiger partial charge is 0.142 e. The highest BCUT2D eigenvalue weighted by Gasteiger charge is 2.36. The molecule has 0 heterocycles. The molecule has 0 N–H and O–H groups in total. The highest BCUT2D eigenvalue weighted by atomic mass is 16.1. The molecule has 1 nitrogen and oxygen atoms in total. The zero-order chi connectivity index (χ0) is 17.6. The van der Waals surface area contributed by atoms with Crippen LogP contribution in [0.4, 0.5) is 0 Å². The minimum Gasteiger partial charge on any atom is -0.299 e. The molecule has 0 amide bonds. The summed E-state index contributed by atoms with van der Waals surface area (Å²) in [5, 5.41) is 0. The second-order valence-corrected chi connectivity index (χ2v) is 7.72. The Morgan fingerprint density at radius 2 is 1.29 bits per heavy atom. The Morgan fingerprint density at radius 3 is 1.92 bits per heavy atom. The molecular formula is C23H28O. The van der Waals surface area contributed by atoms with Crippen molar-refractivity contribution < 1.29 is 4.79 Å². The number of hydrogen-bond acceptors (Lipinski definition) is 1. The van der Waals surface area contributed by atoms with Crippen molar-refractivity contribution in [2.24, 2.45) is 0 Å². The number of allylic oxidation sites excluding steroid dienone is 7. The monoisotopic (exact) mass is 320 g/mol. The van der Waals surface area contributed by atoms with E-state index in [2.05, 4.69) is 58.0 Å². The molecule has 0 atom stereocenters. The van der Waals surface area contributed by atoms with Crippen molar-refractivity contribution in [3.8, 4) is 0 Å². The van der Waals surface area contributed by atoms with E-state index in [9.17, 15) is 4.79 Å². The molecule has 0 bridgehead atoms. The minimum atomic E-state index is 0.248. The Morgan fingerprint density at radius 1 is 0.750 bits per heavy atom. The van der Waals surface area contributed by atoms with Crippen LogP contribution in [0.15, 0.2) is 60.7 Å². The molecule has 0 radical (unpaired) electrons. The molecule has 0 fully saturated rings. The molecule has 126 valence electrons. The van der Waals surface area contributed by atoms with E-state index in [4.69, 9.17) is 0 Å². The summed E-state index contributed by atoms with van der Waals surface area (Å²) in [5.41, 5.74) is 4.75. The van der Waals surface area contributed by atoms with Crippen molar-refractivity contribution in [1.29, 1.82) is 0 Å². The van der Waals surface area contributed by atoms with Gasteiger partial charge in [-0.2, -0.15) is 0 Å². The Labute approximate surface area is 146 Å². The number of benzene rings is 1. The number of carbonyl (C=O) groups is 1. The van der Waals surface area contributed by atoms with Crippen molar-refractivity contribution in [3.63, 3.8) is 0 Å². The SMILES string of the molecule is CC1(C)CCC(C)(C)c2cc(/C=C/C=C/C=C/C=C/C=O)ccc21. The van der Waals surface area contributed by atoms with E-state index in [1.165, 1.54) is 35.6 Å². The highest BCUT2D eigenvalue weighted by molar-refractivity contribution is 5.65. The van der Waals surface area contributed by atoms with Gasteiger partial charge in [-0.05, 0) is 46.4 Å². The van der Waals surface area contributed by atoms with E-state index in [-0.39, 0.29) is 10.8 Å². The van der Waals surface area contributed by atoms with Gasteiger partial charge in [0.25, 0.3) is 0 Å². The summed E-state index contributed by atoms with van der Waals surface area (Å²) in [6, 6.07) is 6.88. The van der Waals surface area contributed by atoms with Gasteiger partial charge >= 0.3 is 0 Å². The van der Waals surface area contributed by atoms with Crippen LogP contribution >= 0.6 is 0 Å². The summed E-state index contributed by atoms with van der Waals surface area (Å²) in [7, 11) is 0. The van der Waals surface area contributed by atoms with Gasteiger partial charge in [-0.1, -0.05) is 88.4 Å². The lowest BCUT2D eigenvalue weighted by Crippen LogP contribution is -2.33. The van der Waals surface area contributed by atoms with Crippen LogP contribution in [0.1, 0.15) is 57.2 Å². The van der Waals surface area contributed by atoms with E-state index in [0.29, 0.717) is 0 Å². The van der Waals surface area contributed by atoms with E-state index in [1.807, 2.05) is 24.3 Å². The third-order valence-corrected chi connectivity index (χ3v) is 4.91. The quantitative estimate of drug-likeness (QED) is 0.374. The molecule has 1 heteroatoms. The Bertz CT molecular complexity index is 697. The van der Waals surface area contributed by atoms with Gasteiger partial charge in [0.1, 0.15) is 6.29 Å². The standard InChI is InChI=1S/C23H28O/c1-22(2)15-16-23(3,4)21-18-19(13-14-20(21)22)12-10-8-6-5-7-9-11-17-24/h5-14,17-18H,15-16H2,1-4H3/b7-5+,8-6+,11-9+,12-10+. The average molecular weight is 320 g/mol. The van der Waals surface area contributed by atoms with E-state index in [0.717, 1.165) is 6.29 Å². The van der Waals surface area contributed by atoms with Crippen LogP contribution in [-0.2, 0) is 15.6 Å². The first kappa shape index (κ1) is 18.2. The lowest BCUT2D eigenvalue weighted by molar-refractivity contribution is -0.104. The first-order valence-corrected chi connectivity index (χ1v) is 8.64. The molecule has 0 aliphatic heterocycles. The zero-order valence-electron chi connectivity index (χ0n) is 15.3. The normalized spacial score (nSPS) is 19.5. The molecule has 0 saturated carbocycles. The molecule has 0 unspecified atom stereocenters. The second-order valence-electron chi connectivity index (χ2n) is 7.72. The molecule has 0 saturated heterocycles. The Kier molecular flexibility index (Phi) is 5.77. The van der Waals surface area contributed by atoms with E-state index < -0.39 is 0 Å². The predicted molar refractivity (Wildman–Crippen MR) is 104 cm³/mol. The molecule has 0 spiro atoms. The average Bonchev–Trinajstić information content (AvgIpc) is 2.54. The molecule has 1 aliphatic rings. The van der Waals surface area contributed by atoms with Crippen LogP contribution in [0.25, 0.3) is 6.08 Å². The lowest BCUT2D eigenvalue weighted by atomic mass is 9.63. The summed E-state index contributed by atoms with van der Waals surface area (Å²) >= 11 is 0. The summed E-state index contributed by atoms with van der Waals surface area (Å²) < 4.78 is 0. The van der Waals surface area contributed by atoms with E-state index in [1.54, 1.807) is 6.08 Å². The fourth-order valence-corrected chi connectivity index (χ4v) is 3.24. The maximum atomic E-state index is 10.1. The fourth-order valence-electron chi connectivity index (χ4n) is 3.24. The molecule has 2 rings (SSSR count). The molecule has 0 aromatic heterocycles. The van der Waals surface area contributed by atoms with Gasteiger partial charge in [-0.15, -0.1) is 0 Å². The lowest BCUT2D eigenvalue weighted by Gasteiger charge is -2.42. The Balaban J connectivity index is 2.15. The first-order valence-electron chi connectivity index (χ1n) is 8.64. The van der Waals surface area contributed by atoms with Crippen LogP contribution in [-0.4, -0.2) is 6.29 Å². The summed E-state index contributed by atoms with van der Waals surface area (Å²) in [4.78, 5) is 10.1. The third-order valence-electron chi connectivity index (χ3n) is 4.91. The third kappa shape index (κ3) is 4.44. The minimum absolute atomic E-state index is 0.248. The first-order chi connectivity index (χ1) is 11.4. The number of carbonyl (C=O) groups excluding carboxylic acids is 1. The molecule has 1 aliphatic carbocycles. The van der Waals surface area contributed by atoms with Gasteiger partial charge in [0.2, 0.25) is 0 Å². The van der Waals surface area contributed by atoms with Crippen LogP contribution in [0.2, 0.25) is 0 Å². The number of hydrogen-bond donors (Lipinski definition) is 0. The maximum Gasteiger partial charge on any atom is 0.142 e. The highest BCUT2D eigenvalue weighted by Crippen LogP contribution is 2.45. The van der Waals surface area contributed by atoms with E-state index >= 15 is 0 Å². The van der Waals surface area contributed by atoms with Gasteiger partial charge in [-0.25, -0.2) is 0 Å². The van der Waals surface area contributed by atoms with Crippen LogP contribution < -0.4 is 0 Å². The van der Waals surface area contributed by atoms with Crippen molar-refractivity contribution in [3.05, 3.63) is 77.4 Å². The van der Waals surface area contributed by atoms with Gasteiger partial charge in [0.05, 0.1) is 0 Å². The number of fused-ring (bicyclic) bond motifs is 1. The number of aldehydes is 1. The van der Waals surface area contributed by atoms with Crippen molar-refractivity contribution in [2.75, 3.05) is 0 Å². The molecular weight excluding hydrogens is 292 g/mol.